The van der Waals surface area contributed by atoms with Crippen LogP contribution in [0.25, 0.3) is 5.65 Å². The largest absolute Gasteiger partial charge is 0.354 e. The van der Waals surface area contributed by atoms with Gasteiger partial charge in [-0.25, -0.2) is 0 Å². The van der Waals surface area contributed by atoms with Gasteiger partial charge in [0.25, 0.3) is 0 Å². The van der Waals surface area contributed by atoms with Crippen molar-refractivity contribution in [2.24, 2.45) is 11.8 Å². The van der Waals surface area contributed by atoms with Gasteiger partial charge in [-0.05, 0) is 37.4 Å². The predicted molar refractivity (Wildman–Crippen MR) is 90.8 cm³/mol. The topological polar surface area (TPSA) is 58.4 Å². The van der Waals surface area contributed by atoms with Crippen molar-refractivity contribution in [1.29, 1.82) is 0 Å². The van der Waals surface area contributed by atoms with Gasteiger partial charge in [-0.1, -0.05) is 20.8 Å². The van der Waals surface area contributed by atoms with Crippen LogP contribution in [-0.4, -0.2) is 46.0 Å². The molecule has 1 aliphatic heterocycles. The summed E-state index contributed by atoms with van der Waals surface area (Å²) in [5.74, 6) is 3.65. The van der Waals surface area contributed by atoms with Gasteiger partial charge in [0.15, 0.2) is 11.5 Å². The van der Waals surface area contributed by atoms with Gasteiger partial charge in [0.05, 0.1) is 0 Å². The Balaban J connectivity index is 1.41. The van der Waals surface area contributed by atoms with E-state index in [9.17, 15) is 0 Å². The van der Waals surface area contributed by atoms with Crippen LogP contribution in [0.15, 0.2) is 12.1 Å². The summed E-state index contributed by atoms with van der Waals surface area (Å²) in [6.45, 7) is 10.9. The fourth-order valence-corrected chi connectivity index (χ4v) is 3.12. The highest BCUT2D eigenvalue weighted by Gasteiger charge is 2.29. The summed E-state index contributed by atoms with van der Waals surface area (Å²) < 4.78 is 1.90. The minimum atomic E-state index is -0.0603. The first-order valence-electron chi connectivity index (χ1n) is 8.69. The third kappa shape index (κ3) is 3.04. The third-order valence-electron chi connectivity index (χ3n) is 4.76. The molecule has 6 nitrogen and oxygen atoms in total. The average molecular weight is 314 g/mol. The lowest BCUT2D eigenvalue weighted by atomic mass is 9.96. The molecule has 124 valence electrons. The lowest BCUT2D eigenvalue weighted by Crippen LogP contribution is -2.51. The molecule has 4 rings (SSSR count). The van der Waals surface area contributed by atoms with Crippen molar-refractivity contribution in [3.8, 4) is 0 Å². The van der Waals surface area contributed by atoms with Crippen LogP contribution in [0.2, 0.25) is 0 Å². The van der Waals surface area contributed by atoms with Crippen LogP contribution in [-0.2, 0) is 5.41 Å². The molecule has 0 aromatic carbocycles. The van der Waals surface area contributed by atoms with Crippen LogP contribution >= 0.6 is 0 Å². The quantitative estimate of drug-likeness (QED) is 0.913. The minimum absolute atomic E-state index is 0.0603. The highest BCUT2D eigenvalue weighted by Crippen LogP contribution is 2.28. The van der Waals surface area contributed by atoms with E-state index in [0.717, 1.165) is 48.8 Å². The fourth-order valence-electron chi connectivity index (χ4n) is 3.12. The summed E-state index contributed by atoms with van der Waals surface area (Å²) in [5, 5.41) is 16.9. The van der Waals surface area contributed by atoms with Crippen molar-refractivity contribution in [3.05, 3.63) is 18.0 Å². The van der Waals surface area contributed by atoms with Crippen molar-refractivity contribution in [3.63, 3.8) is 0 Å². The standard InChI is InChI=1S/C17H26N6/c1-17(2,3)16-20-19-14-6-7-15(21-23(14)16)22-10-13(11-22)9-18-8-12-4-5-12/h6-7,12-13,18H,4-5,8-11H2,1-3H3. The number of hydrogen-bond donors (Lipinski definition) is 1. The normalized spacial score (nSPS) is 19.3. The number of hydrogen-bond acceptors (Lipinski definition) is 5. The Hall–Kier alpha value is -1.69. The van der Waals surface area contributed by atoms with E-state index in [1.54, 1.807) is 0 Å². The van der Waals surface area contributed by atoms with Crippen LogP contribution in [0, 0.1) is 11.8 Å². The smallest absolute Gasteiger partial charge is 0.178 e. The first-order chi connectivity index (χ1) is 11.0. The predicted octanol–water partition coefficient (Wildman–Crippen LogP) is 1.86. The molecule has 1 aliphatic carbocycles. The average Bonchev–Trinajstić information content (AvgIpc) is 3.16. The van der Waals surface area contributed by atoms with E-state index < -0.39 is 0 Å². The summed E-state index contributed by atoms with van der Waals surface area (Å²) in [6, 6.07) is 4.08. The molecule has 2 fully saturated rings. The molecule has 1 N–H and O–H groups in total. The van der Waals surface area contributed by atoms with Crippen molar-refractivity contribution in [2.75, 3.05) is 31.1 Å². The Morgan fingerprint density at radius 2 is 1.83 bits per heavy atom. The molecule has 0 bridgehead atoms. The summed E-state index contributed by atoms with van der Waals surface area (Å²) in [7, 11) is 0. The molecule has 0 spiro atoms. The third-order valence-corrected chi connectivity index (χ3v) is 4.76. The molecule has 23 heavy (non-hydrogen) atoms. The molecule has 2 aliphatic rings. The van der Waals surface area contributed by atoms with E-state index in [1.807, 2.05) is 10.6 Å². The zero-order valence-corrected chi connectivity index (χ0v) is 14.3. The second kappa shape index (κ2) is 5.44. The second-order valence-corrected chi connectivity index (χ2v) is 8.11. The number of rotatable bonds is 5. The first kappa shape index (κ1) is 14.9. The van der Waals surface area contributed by atoms with Gasteiger partial charge < -0.3 is 10.2 Å². The fraction of sp³-hybridized carbons (Fsp3) is 0.706. The number of nitrogens with one attached hydrogen (secondary N) is 1. The van der Waals surface area contributed by atoms with E-state index in [4.69, 9.17) is 5.10 Å². The van der Waals surface area contributed by atoms with Crippen molar-refractivity contribution in [1.82, 2.24) is 25.1 Å². The molecular weight excluding hydrogens is 288 g/mol. The Morgan fingerprint density at radius 3 is 2.52 bits per heavy atom. The highest BCUT2D eigenvalue weighted by molar-refractivity contribution is 5.47. The number of fused-ring (bicyclic) bond motifs is 1. The highest BCUT2D eigenvalue weighted by atomic mass is 15.4. The van der Waals surface area contributed by atoms with E-state index in [2.05, 4.69) is 47.3 Å². The van der Waals surface area contributed by atoms with Crippen LogP contribution in [0.5, 0.6) is 0 Å². The second-order valence-electron chi connectivity index (χ2n) is 8.11. The molecule has 0 atom stereocenters. The molecule has 0 radical (unpaired) electrons. The van der Waals surface area contributed by atoms with E-state index in [0.29, 0.717) is 0 Å². The van der Waals surface area contributed by atoms with Gasteiger partial charge in [0.2, 0.25) is 0 Å². The van der Waals surface area contributed by atoms with Crippen LogP contribution in [0.4, 0.5) is 5.82 Å². The van der Waals surface area contributed by atoms with Gasteiger partial charge >= 0.3 is 0 Å². The van der Waals surface area contributed by atoms with Gasteiger partial charge in [-0.3, -0.25) is 0 Å². The van der Waals surface area contributed by atoms with E-state index >= 15 is 0 Å². The van der Waals surface area contributed by atoms with Crippen molar-refractivity contribution < 1.29 is 0 Å². The van der Waals surface area contributed by atoms with E-state index in [1.165, 1.54) is 19.4 Å². The van der Waals surface area contributed by atoms with Gasteiger partial charge in [-0.2, -0.15) is 4.52 Å². The summed E-state index contributed by atoms with van der Waals surface area (Å²) in [5.41, 5.74) is 0.761. The first-order valence-corrected chi connectivity index (χ1v) is 8.69. The van der Waals surface area contributed by atoms with Crippen molar-refractivity contribution >= 4 is 11.5 Å². The maximum atomic E-state index is 4.77. The maximum absolute atomic E-state index is 4.77. The van der Waals surface area contributed by atoms with Crippen molar-refractivity contribution in [2.45, 2.75) is 39.0 Å². The van der Waals surface area contributed by atoms with Crippen LogP contribution in [0.1, 0.15) is 39.4 Å². The van der Waals surface area contributed by atoms with Crippen LogP contribution in [0.3, 0.4) is 0 Å². The van der Waals surface area contributed by atoms with E-state index in [-0.39, 0.29) is 5.41 Å². The van der Waals surface area contributed by atoms with Gasteiger partial charge in [0.1, 0.15) is 5.82 Å². The lowest BCUT2D eigenvalue weighted by Gasteiger charge is -2.40. The molecule has 1 saturated carbocycles. The maximum Gasteiger partial charge on any atom is 0.178 e. The number of aromatic nitrogens is 4. The monoisotopic (exact) mass is 314 g/mol. The molecule has 1 saturated heterocycles. The number of anilines is 1. The summed E-state index contributed by atoms with van der Waals surface area (Å²) in [6.07, 6.45) is 2.84. The lowest BCUT2D eigenvalue weighted by molar-refractivity contribution is 0.379. The summed E-state index contributed by atoms with van der Waals surface area (Å²) >= 11 is 0. The molecule has 0 amide bonds. The minimum Gasteiger partial charge on any atom is -0.354 e. The van der Waals surface area contributed by atoms with Gasteiger partial charge in [-0.15, -0.1) is 15.3 Å². The zero-order valence-electron chi connectivity index (χ0n) is 14.3. The molecule has 2 aromatic heterocycles. The SMILES string of the molecule is CC(C)(C)c1nnc2ccc(N3CC(CNCC4CC4)C3)nn12. The zero-order chi connectivity index (χ0) is 16.0. The summed E-state index contributed by atoms with van der Waals surface area (Å²) in [4.78, 5) is 2.34. The Labute approximate surface area is 137 Å². The molecule has 6 heteroatoms. The molecule has 0 unspecified atom stereocenters. The molecule has 3 heterocycles. The van der Waals surface area contributed by atoms with Crippen LogP contribution < -0.4 is 10.2 Å². The molecular formula is C17H26N6. The number of nitrogens with zero attached hydrogens (tertiary/aromatic N) is 5. The Morgan fingerprint density at radius 1 is 1.09 bits per heavy atom. The Bertz CT molecular complexity index is 691. The molecule has 2 aromatic rings. The Kier molecular flexibility index (Phi) is 3.52. The van der Waals surface area contributed by atoms with Gasteiger partial charge in [0, 0.05) is 31.0 Å².